The molecule has 0 fully saturated rings. The second-order valence-corrected chi connectivity index (χ2v) is 4.86. The Morgan fingerprint density at radius 3 is 2.47 bits per heavy atom. The van der Waals surface area contributed by atoms with E-state index in [4.69, 9.17) is 0 Å². The summed E-state index contributed by atoms with van der Waals surface area (Å²) in [6.45, 7) is 1.92. The Morgan fingerprint density at radius 2 is 1.79 bits per heavy atom. The SMILES string of the molecule is CNc1nc(N(C)CCN(C)C)c2ccccc2n1. The predicted octanol–water partition coefficient (Wildman–Crippen LogP) is 1.67. The van der Waals surface area contributed by atoms with Gasteiger partial charge in [-0.1, -0.05) is 12.1 Å². The Kier molecular flexibility index (Phi) is 4.16. The summed E-state index contributed by atoms with van der Waals surface area (Å²) in [5.41, 5.74) is 0.966. The highest BCUT2D eigenvalue weighted by Gasteiger charge is 2.10. The third-order valence-corrected chi connectivity index (χ3v) is 3.05. The topological polar surface area (TPSA) is 44.3 Å². The molecule has 1 N–H and O–H groups in total. The zero-order valence-electron chi connectivity index (χ0n) is 12.0. The van der Waals surface area contributed by atoms with E-state index in [1.807, 2.05) is 25.2 Å². The van der Waals surface area contributed by atoms with Crippen molar-refractivity contribution in [1.82, 2.24) is 14.9 Å². The van der Waals surface area contributed by atoms with Crippen molar-refractivity contribution >= 4 is 22.7 Å². The zero-order chi connectivity index (χ0) is 13.8. The van der Waals surface area contributed by atoms with Crippen molar-refractivity contribution in [2.24, 2.45) is 0 Å². The normalized spacial score (nSPS) is 11.0. The molecule has 19 heavy (non-hydrogen) atoms. The average Bonchev–Trinajstić information content (AvgIpc) is 2.43. The molecule has 5 nitrogen and oxygen atoms in total. The van der Waals surface area contributed by atoms with E-state index in [1.54, 1.807) is 0 Å². The lowest BCUT2D eigenvalue weighted by Crippen LogP contribution is -2.29. The van der Waals surface area contributed by atoms with E-state index in [9.17, 15) is 0 Å². The van der Waals surface area contributed by atoms with Crippen LogP contribution in [0.5, 0.6) is 0 Å². The van der Waals surface area contributed by atoms with Crippen LogP contribution in [0.15, 0.2) is 24.3 Å². The lowest BCUT2D eigenvalue weighted by atomic mass is 10.2. The van der Waals surface area contributed by atoms with Crippen LogP contribution in [0, 0.1) is 0 Å². The summed E-state index contributed by atoms with van der Waals surface area (Å²) < 4.78 is 0. The highest BCUT2D eigenvalue weighted by Crippen LogP contribution is 2.24. The molecule has 0 aliphatic carbocycles. The van der Waals surface area contributed by atoms with Crippen LogP contribution in [0.25, 0.3) is 10.9 Å². The van der Waals surface area contributed by atoms with Crippen LogP contribution < -0.4 is 10.2 Å². The Hall–Kier alpha value is -1.88. The molecule has 0 aliphatic rings. The summed E-state index contributed by atoms with van der Waals surface area (Å²) in [4.78, 5) is 13.4. The van der Waals surface area contributed by atoms with Gasteiger partial charge in [0.25, 0.3) is 0 Å². The number of benzene rings is 1. The van der Waals surface area contributed by atoms with Crippen molar-refractivity contribution in [3.8, 4) is 0 Å². The Balaban J connectivity index is 2.39. The molecular formula is C14H21N5. The van der Waals surface area contributed by atoms with Gasteiger partial charge in [-0.25, -0.2) is 4.98 Å². The molecule has 1 heterocycles. The third-order valence-electron chi connectivity index (χ3n) is 3.05. The highest BCUT2D eigenvalue weighted by molar-refractivity contribution is 5.90. The molecule has 0 amide bonds. The minimum atomic E-state index is 0.658. The molecule has 0 unspecified atom stereocenters. The summed E-state index contributed by atoms with van der Waals surface area (Å²) in [7, 11) is 8.06. The maximum Gasteiger partial charge on any atom is 0.224 e. The van der Waals surface area contributed by atoms with Crippen LogP contribution in [-0.4, -0.2) is 56.1 Å². The molecule has 0 saturated heterocycles. The number of nitrogens with one attached hydrogen (secondary N) is 1. The first-order valence-corrected chi connectivity index (χ1v) is 6.42. The third kappa shape index (κ3) is 3.12. The van der Waals surface area contributed by atoms with Gasteiger partial charge in [-0.3, -0.25) is 0 Å². The monoisotopic (exact) mass is 259 g/mol. The molecule has 0 atom stereocenters. The van der Waals surface area contributed by atoms with Crippen molar-refractivity contribution < 1.29 is 0 Å². The first-order chi connectivity index (χ1) is 9.11. The molecule has 0 aliphatic heterocycles. The van der Waals surface area contributed by atoms with Gasteiger partial charge in [0, 0.05) is 32.6 Å². The van der Waals surface area contributed by atoms with E-state index >= 15 is 0 Å². The van der Waals surface area contributed by atoms with Crippen LogP contribution in [0.2, 0.25) is 0 Å². The number of para-hydroxylation sites is 1. The Labute approximate surface area is 114 Å². The molecule has 102 valence electrons. The molecule has 0 radical (unpaired) electrons. The molecule has 0 bridgehead atoms. The van der Waals surface area contributed by atoms with E-state index in [0.717, 1.165) is 29.8 Å². The van der Waals surface area contributed by atoms with Gasteiger partial charge in [0.15, 0.2) is 0 Å². The van der Waals surface area contributed by atoms with Crippen molar-refractivity contribution in [2.45, 2.75) is 0 Å². The largest absolute Gasteiger partial charge is 0.358 e. The van der Waals surface area contributed by atoms with Crippen LogP contribution in [0.4, 0.5) is 11.8 Å². The van der Waals surface area contributed by atoms with E-state index in [1.165, 1.54) is 0 Å². The fraction of sp³-hybridized carbons (Fsp3) is 0.429. The lowest BCUT2D eigenvalue weighted by Gasteiger charge is -2.22. The fourth-order valence-corrected chi connectivity index (χ4v) is 1.92. The maximum absolute atomic E-state index is 4.58. The van der Waals surface area contributed by atoms with Crippen molar-refractivity contribution in [1.29, 1.82) is 0 Å². The van der Waals surface area contributed by atoms with E-state index in [2.05, 4.69) is 52.3 Å². The lowest BCUT2D eigenvalue weighted by molar-refractivity contribution is 0.416. The number of nitrogens with zero attached hydrogens (tertiary/aromatic N) is 4. The Bertz CT molecular complexity index is 553. The molecule has 1 aromatic carbocycles. The van der Waals surface area contributed by atoms with Crippen molar-refractivity contribution in [3.05, 3.63) is 24.3 Å². The van der Waals surface area contributed by atoms with Gasteiger partial charge in [-0.05, 0) is 26.2 Å². The number of anilines is 2. The number of likely N-dealkylation sites (N-methyl/N-ethyl adjacent to an activating group) is 2. The predicted molar refractivity (Wildman–Crippen MR) is 80.9 cm³/mol. The van der Waals surface area contributed by atoms with Crippen LogP contribution in [-0.2, 0) is 0 Å². The minimum Gasteiger partial charge on any atom is -0.358 e. The smallest absolute Gasteiger partial charge is 0.224 e. The van der Waals surface area contributed by atoms with Gasteiger partial charge in [-0.15, -0.1) is 0 Å². The molecular weight excluding hydrogens is 238 g/mol. The Morgan fingerprint density at radius 1 is 1.05 bits per heavy atom. The van der Waals surface area contributed by atoms with Crippen molar-refractivity contribution in [3.63, 3.8) is 0 Å². The standard InChI is InChI=1S/C14H21N5/c1-15-14-16-12-8-6-5-7-11(12)13(17-14)19(4)10-9-18(2)3/h5-8H,9-10H2,1-4H3,(H,15,16,17). The quantitative estimate of drug-likeness (QED) is 0.885. The first kappa shape index (κ1) is 13.5. The van der Waals surface area contributed by atoms with Gasteiger partial charge in [0.05, 0.1) is 5.52 Å². The van der Waals surface area contributed by atoms with Gasteiger partial charge in [0.1, 0.15) is 5.82 Å². The van der Waals surface area contributed by atoms with Crippen molar-refractivity contribution in [2.75, 3.05) is 51.5 Å². The van der Waals surface area contributed by atoms with Gasteiger partial charge in [-0.2, -0.15) is 4.98 Å². The molecule has 1 aromatic heterocycles. The van der Waals surface area contributed by atoms with Crippen LogP contribution in [0.1, 0.15) is 0 Å². The number of rotatable bonds is 5. The number of aromatic nitrogens is 2. The number of hydrogen-bond acceptors (Lipinski definition) is 5. The zero-order valence-corrected chi connectivity index (χ0v) is 12.0. The summed E-state index contributed by atoms with van der Waals surface area (Å²) in [5.74, 6) is 1.63. The fourth-order valence-electron chi connectivity index (χ4n) is 1.92. The van der Waals surface area contributed by atoms with Gasteiger partial charge < -0.3 is 15.1 Å². The molecule has 0 spiro atoms. The first-order valence-electron chi connectivity index (χ1n) is 6.42. The van der Waals surface area contributed by atoms with E-state index in [-0.39, 0.29) is 0 Å². The summed E-state index contributed by atoms with van der Waals surface area (Å²) in [6.07, 6.45) is 0. The summed E-state index contributed by atoms with van der Waals surface area (Å²) in [6, 6.07) is 8.10. The molecule has 2 rings (SSSR count). The average molecular weight is 259 g/mol. The molecule has 0 saturated carbocycles. The number of hydrogen-bond donors (Lipinski definition) is 1. The second kappa shape index (κ2) is 5.84. The second-order valence-electron chi connectivity index (χ2n) is 4.86. The highest BCUT2D eigenvalue weighted by atomic mass is 15.2. The minimum absolute atomic E-state index is 0.658. The van der Waals surface area contributed by atoms with E-state index < -0.39 is 0 Å². The number of fused-ring (bicyclic) bond motifs is 1. The van der Waals surface area contributed by atoms with E-state index in [0.29, 0.717) is 5.95 Å². The molecule has 5 heteroatoms. The van der Waals surface area contributed by atoms with Gasteiger partial charge >= 0.3 is 0 Å². The van der Waals surface area contributed by atoms with Crippen LogP contribution >= 0.6 is 0 Å². The molecule has 2 aromatic rings. The summed E-state index contributed by atoms with van der Waals surface area (Å²) in [5, 5.41) is 4.11. The van der Waals surface area contributed by atoms with Gasteiger partial charge in [0.2, 0.25) is 5.95 Å². The summed E-state index contributed by atoms with van der Waals surface area (Å²) >= 11 is 0. The van der Waals surface area contributed by atoms with Crippen LogP contribution in [0.3, 0.4) is 0 Å². The maximum atomic E-state index is 4.58.